The number of amides is 2. The molecule has 2 amide bonds. The average molecular weight is 544 g/mol. The minimum absolute atomic E-state index is 0.0162. The maximum atomic E-state index is 13.4. The highest BCUT2D eigenvalue weighted by Crippen LogP contribution is 2.31. The highest BCUT2D eigenvalue weighted by molar-refractivity contribution is 9.10. The third-order valence-corrected chi connectivity index (χ3v) is 7.49. The first-order valence-electron chi connectivity index (χ1n) is 12.6. The normalized spacial score (nSPS) is 15.4. The van der Waals surface area contributed by atoms with Gasteiger partial charge in [-0.25, -0.2) is 0 Å². The zero-order valence-corrected chi connectivity index (χ0v) is 23.3. The van der Waals surface area contributed by atoms with Gasteiger partial charge < -0.3 is 15.0 Å². The van der Waals surface area contributed by atoms with Crippen LogP contribution in [0.25, 0.3) is 0 Å². The number of carbonyl (C=O) groups excluding carboxylic acids is 2. The molecule has 1 aliphatic carbocycles. The molecule has 0 aliphatic heterocycles. The number of hydrogen-bond acceptors (Lipinski definition) is 3. The van der Waals surface area contributed by atoms with Gasteiger partial charge in [-0.1, -0.05) is 70.4 Å². The van der Waals surface area contributed by atoms with E-state index in [9.17, 15) is 9.59 Å². The van der Waals surface area contributed by atoms with Crippen LogP contribution >= 0.6 is 15.9 Å². The number of aryl methyl sites for hydroxylation is 1. The van der Waals surface area contributed by atoms with Crippen LogP contribution in [0.1, 0.15) is 76.5 Å². The number of carbonyl (C=O) groups is 2. The first-order valence-corrected chi connectivity index (χ1v) is 13.4. The van der Waals surface area contributed by atoms with Crippen LogP contribution in [0.5, 0.6) is 5.75 Å². The number of hydrogen-bond donors (Lipinski definition) is 1. The summed E-state index contributed by atoms with van der Waals surface area (Å²) in [5.41, 5.74) is 3.31. The molecule has 0 bridgehead atoms. The average Bonchev–Trinajstić information content (AvgIpc) is 2.82. The topological polar surface area (TPSA) is 58.6 Å². The second-order valence-corrected chi connectivity index (χ2v) is 11.5. The molecule has 5 nitrogen and oxygen atoms in total. The summed E-state index contributed by atoms with van der Waals surface area (Å²) >= 11 is 3.58. The first kappa shape index (κ1) is 27.3. The molecule has 190 valence electrons. The van der Waals surface area contributed by atoms with Crippen molar-refractivity contribution in [3.05, 3.63) is 63.6 Å². The van der Waals surface area contributed by atoms with E-state index in [-0.39, 0.29) is 29.9 Å². The van der Waals surface area contributed by atoms with Crippen molar-refractivity contribution in [3.8, 4) is 5.75 Å². The Morgan fingerprint density at radius 3 is 2.43 bits per heavy atom. The fourth-order valence-electron chi connectivity index (χ4n) is 4.43. The molecular formula is C29H39BrN2O3. The van der Waals surface area contributed by atoms with Gasteiger partial charge in [0.2, 0.25) is 5.91 Å². The SMILES string of the molecule is Cc1ccccc1CN(C(=O)COc1ccc(C(C)(C)C)cc1Br)C(C)C(=O)NC1CCCCC1. The van der Waals surface area contributed by atoms with Crippen molar-refractivity contribution in [2.45, 2.75) is 90.8 Å². The number of halogens is 1. The van der Waals surface area contributed by atoms with Gasteiger partial charge in [0.05, 0.1) is 4.47 Å². The van der Waals surface area contributed by atoms with E-state index in [1.807, 2.05) is 56.3 Å². The summed E-state index contributed by atoms with van der Waals surface area (Å²) in [5.74, 6) is 0.294. The Kier molecular flexibility index (Phi) is 9.40. The predicted molar refractivity (Wildman–Crippen MR) is 145 cm³/mol. The molecule has 0 heterocycles. The van der Waals surface area contributed by atoms with Crippen molar-refractivity contribution >= 4 is 27.7 Å². The lowest BCUT2D eigenvalue weighted by Crippen LogP contribution is -2.51. The van der Waals surface area contributed by atoms with E-state index in [1.54, 1.807) is 4.90 Å². The molecule has 6 heteroatoms. The largest absolute Gasteiger partial charge is 0.483 e. The molecule has 0 saturated heterocycles. The van der Waals surface area contributed by atoms with Gasteiger partial charge in [0.15, 0.2) is 6.61 Å². The van der Waals surface area contributed by atoms with Crippen LogP contribution in [0.15, 0.2) is 46.9 Å². The van der Waals surface area contributed by atoms with Crippen LogP contribution in [0, 0.1) is 6.92 Å². The quantitative estimate of drug-likeness (QED) is 0.425. The van der Waals surface area contributed by atoms with Crippen LogP contribution in [0.2, 0.25) is 0 Å². The Bertz CT molecular complexity index is 1020. The second kappa shape index (κ2) is 12.1. The molecule has 2 aromatic carbocycles. The van der Waals surface area contributed by atoms with Crippen LogP contribution < -0.4 is 10.1 Å². The van der Waals surface area contributed by atoms with E-state index in [4.69, 9.17) is 4.74 Å². The molecular weight excluding hydrogens is 504 g/mol. The minimum Gasteiger partial charge on any atom is -0.483 e. The number of nitrogens with one attached hydrogen (secondary N) is 1. The van der Waals surface area contributed by atoms with Gasteiger partial charge in [-0.15, -0.1) is 0 Å². The van der Waals surface area contributed by atoms with Crippen molar-refractivity contribution in [1.29, 1.82) is 0 Å². The van der Waals surface area contributed by atoms with Gasteiger partial charge in [-0.3, -0.25) is 9.59 Å². The van der Waals surface area contributed by atoms with Crippen molar-refractivity contribution in [2.24, 2.45) is 0 Å². The Hall–Kier alpha value is -2.34. The minimum atomic E-state index is -0.598. The Balaban J connectivity index is 1.74. The van der Waals surface area contributed by atoms with Gasteiger partial charge >= 0.3 is 0 Å². The zero-order valence-electron chi connectivity index (χ0n) is 21.7. The molecule has 1 aliphatic rings. The van der Waals surface area contributed by atoms with Crippen LogP contribution in [0.4, 0.5) is 0 Å². The maximum Gasteiger partial charge on any atom is 0.261 e. The highest BCUT2D eigenvalue weighted by Gasteiger charge is 2.29. The molecule has 3 rings (SSSR count). The summed E-state index contributed by atoms with van der Waals surface area (Å²) in [6, 6.07) is 13.5. The van der Waals surface area contributed by atoms with Crippen LogP contribution in [-0.2, 0) is 21.5 Å². The van der Waals surface area contributed by atoms with E-state index in [2.05, 4.69) is 42.0 Å². The van der Waals surface area contributed by atoms with Crippen molar-refractivity contribution < 1.29 is 14.3 Å². The third-order valence-electron chi connectivity index (χ3n) is 6.87. The molecule has 1 N–H and O–H groups in total. The molecule has 0 aromatic heterocycles. The lowest BCUT2D eigenvalue weighted by Gasteiger charge is -2.31. The summed E-state index contributed by atoms with van der Waals surface area (Å²) in [6.07, 6.45) is 5.52. The molecule has 1 unspecified atom stereocenters. The van der Waals surface area contributed by atoms with Gasteiger partial charge in [0.25, 0.3) is 5.91 Å². The van der Waals surface area contributed by atoms with E-state index in [0.29, 0.717) is 12.3 Å². The number of nitrogens with zero attached hydrogens (tertiary/aromatic N) is 1. The summed E-state index contributed by atoms with van der Waals surface area (Å²) in [7, 11) is 0. The van der Waals surface area contributed by atoms with E-state index >= 15 is 0 Å². The Morgan fingerprint density at radius 2 is 1.80 bits per heavy atom. The van der Waals surface area contributed by atoms with Crippen LogP contribution in [-0.4, -0.2) is 35.4 Å². The standard InChI is InChI=1S/C29H39BrN2O3/c1-20-11-9-10-12-22(20)18-32(21(2)28(34)31-24-13-7-6-8-14-24)27(33)19-35-26-16-15-23(17-25(26)30)29(3,4)5/h9-12,15-17,21,24H,6-8,13-14,18-19H2,1-5H3,(H,31,34). The lowest BCUT2D eigenvalue weighted by atomic mass is 9.87. The van der Waals surface area contributed by atoms with E-state index in [0.717, 1.165) is 41.3 Å². The van der Waals surface area contributed by atoms with Crippen LogP contribution in [0.3, 0.4) is 0 Å². The van der Waals surface area contributed by atoms with Crippen molar-refractivity contribution in [1.82, 2.24) is 10.2 Å². The molecule has 0 radical (unpaired) electrons. The number of benzene rings is 2. The molecule has 1 saturated carbocycles. The molecule has 1 fully saturated rings. The fourth-order valence-corrected chi connectivity index (χ4v) is 4.92. The summed E-state index contributed by atoms with van der Waals surface area (Å²) in [5, 5.41) is 3.18. The number of rotatable bonds is 8. The Labute approximate surface area is 218 Å². The molecule has 1 atom stereocenters. The van der Waals surface area contributed by atoms with E-state index in [1.165, 1.54) is 12.0 Å². The van der Waals surface area contributed by atoms with Gasteiger partial charge in [-0.05, 0) is 76.9 Å². The van der Waals surface area contributed by atoms with E-state index < -0.39 is 6.04 Å². The van der Waals surface area contributed by atoms with Gasteiger partial charge in [-0.2, -0.15) is 0 Å². The zero-order chi connectivity index (χ0) is 25.6. The monoisotopic (exact) mass is 542 g/mol. The maximum absolute atomic E-state index is 13.4. The second-order valence-electron chi connectivity index (χ2n) is 10.7. The predicted octanol–water partition coefficient (Wildman–Crippen LogP) is 6.30. The third kappa shape index (κ3) is 7.57. The Morgan fingerprint density at radius 1 is 1.11 bits per heavy atom. The number of ether oxygens (including phenoxy) is 1. The summed E-state index contributed by atoms with van der Waals surface area (Å²) in [6.45, 7) is 10.5. The molecule has 35 heavy (non-hydrogen) atoms. The smallest absolute Gasteiger partial charge is 0.261 e. The molecule has 0 spiro atoms. The van der Waals surface area contributed by atoms with Crippen molar-refractivity contribution in [2.75, 3.05) is 6.61 Å². The van der Waals surface area contributed by atoms with Gasteiger partial charge in [0, 0.05) is 12.6 Å². The van der Waals surface area contributed by atoms with Crippen molar-refractivity contribution in [3.63, 3.8) is 0 Å². The molecule has 2 aromatic rings. The fraction of sp³-hybridized carbons (Fsp3) is 0.517. The lowest BCUT2D eigenvalue weighted by molar-refractivity contribution is -0.142. The highest BCUT2D eigenvalue weighted by atomic mass is 79.9. The summed E-state index contributed by atoms with van der Waals surface area (Å²) < 4.78 is 6.74. The van der Waals surface area contributed by atoms with Gasteiger partial charge in [0.1, 0.15) is 11.8 Å². The first-order chi connectivity index (χ1) is 16.6. The summed E-state index contributed by atoms with van der Waals surface area (Å²) in [4.78, 5) is 28.2.